The molecular formula is C29H28ClN3OS. The SMILES string of the molecule is C/C(=N/NC(=O)CSCc1ccc(Cl)cc1)c1ccc2c(c1)[C@@H]1C=CC[C@@H]1[C@@H](c1ccccc1)N2. The molecule has 1 heterocycles. The van der Waals surface area contributed by atoms with E-state index < -0.39 is 0 Å². The van der Waals surface area contributed by atoms with Crippen molar-refractivity contribution in [3.05, 3.63) is 112 Å². The summed E-state index contributed by atoms with van der Waals surface area (Å²) < 4.78 is 0. The summed E-state index contributed by atoms with van der Waals surface area (Å²) in [5, 5.41) is 8.87. The lowest BCUT2D eigenvalue weighted by Crippen LogP contribution is -2.29. The minimum absolute atomic E-state index is 0.104. The maximum absolute atomic E-state index is 12.3. The monoisotopic (exact) mass is 501 g/mol. The lowest BCUT2D eigenvalue weighted by molar-refractivity contribution is -0.118. The lowest BCUT2D eigenvalue weighted by atomic mass is 9.76. The summed E-state index contributed by atoms with van der Waals surface area (Å²) in [6.07, 6.45) is 5.71. The van der Waals surface area contributed by atoms with Crippen LogP contribution in [0, 0.1) is 5.92 Å². The maximum Gasteiger partial charge on any atom is 0.250 e. The molecule has 2 N–H and O–H groups in total. The Hall–Kier alpha value is -3.02. The van der Waals surface area contributed by atoms with E-state index in [1.807, 2.05) is 31.2 Å². The second-order valence-electron chi connectivity index (χ2n) is 9.04. The number of amides is 1. The van der Waals surface area contributed by atoms with Gasteiger partial charge in [0.05, 0.1) is 17.5 Å². The number of anilines is 1. The Balaban J connectivity index is 1.23. The van der Waals surface area contributed by atoms with Gasteiger partial charge in [0.15, 0.2) is 0 Å². The van der Waals surface area contributed by atoms with Crippen molar-refractivity contribution in [1.29, 1.82) is 0 Å². The van der Waals surface area contributed by atoms with Crippen molar-refractivity contribution in [2.75, 3.05) is 11.1 Å². The van der Waals surface area contributed by atoms with Crippen LogP contribution >= 0.6 is 23.4 Å². The Bertz CT molecular complexity index is 1260. The van der Waals surface area contributed by atoms with Gasteiger partial charge >= 0.3 is 0 Å². The Morgan fingerprint density at radius 1 is 1.11 bits per heavy atom. The second kappa shape index (κ2) is 10.7. The van der Waals surface area contributed by atoms with E-state index in [0.29, 0.717) is 23.6 Å². The Morgan fingerprint density at radius 3 is 2.71 bits per heavy atom. The summed E-state index contributed by atoms with van der Waals surface area (Å²) in [6, 6.07) is 25.1. The first-order valence-electron chi connectivity index (χ1n) is 11.9. The predicted octanol–water partition coefficient (Wildman–Crippen LogP) is 6.94. The van der Waals surface area contributed by atoms with E-state index >= 15 is 0 Å². The minimum Gasteiger partial charge on any atom is -0.378 e. The van der Waals surface area contributed by atoms with Crippen LogP contribution in [0.15, 0.2) is 90.0 Å². The normalized spacial score (nSPS) is 20.6. The number of hydrazone groups is 1. The van der Waals surface area contributed by atoms with Gasteiger partial charge in [0.25, 0.3) is 0 Å². The summed E-state index contributed by atoms with van der Waals surface area (Å²) in [7, 11) is 0. The van der Waals surface area contributed by atoms with Crippen molar-refractivity contribution in [3.8, 4) is 0 Å². The molecule has 0 saturated heterocycles. The molecule has 5 rings (SSSR count). The molecule has 3 aromatic rings. The van der Waals surface area contributed by atoms with Crippen LogP contribution in [0.5, 0.6) is 0 Å². The summed E-state index contributed by atoms with van der Waals surface area (Å²) in [4.78, 5) is 12.3. The zero-order valence-corrected chi connectivity index (χ0v) is 21.2. The first-order valence-corrected chi connectivity index (χ1v) is 13.4. The lowest BCUT2D eigenvalue weighted by Gasteiger charge is -2.37. The van der Waals surface area contributed by atoms with Crippen LogP contribution in [0.25, 0.3) is 0 Å². The number of hydrogen-bond donors (Lipinski definition) is 2. The van der Waals surface area contributed by atoms with Crippen molar-refractivity contribution in [2.45, 2.75) is 31.1 Å². The molecule has 4 nitrogen and oxygen atoms in total. The van der Waals surface area contributed by atoms with E-state index in [9.17, 15) is 4.79 Å². The molecule has 1 amide bonds. The van der Waals surface area contributed by atoms with E-state index in [-0.39, 0.29) is 5.91 Å². The van der Waals surface area contributed by atoms with Gasteiger partial charge < -0.3 is 5.32 Å². The fourth-order valence-corrected chi connectivity index (χ4v) is 5.80. The number of nitrogens with zero attached hydrogens (tertiary/aromatic N) is 1. The molecule has 3 aromatic carbocycles. The van der Waals surface area contributed by atoms with Gasteiger partial charge in [0.2, 0.25) is 5.91 Å². The highest BCUT2D eigenvalue weighted by Crippen LogP contribution is 2.49. The van der Waals surface area contributed by atoms with Gasteiger partial charge in [0.1, 0.15) is 0 Å². The zero-order valence-electron chi connectivity index (χ0n) is 19.6. The number of rotatable bonds is 7. The summed E-state index contributed by atoms with van der Waals surface area (Å²) >= 11 is 7.48. The molecule has 178 valence electrons. The van der Waals surface area contributed by atoms with Gasteiger partial charge in [-0.05, 0) is 65.8 Å². The Morgan fingerprint density at radius 2 is 1.91 bits per heavy atom. The van der Waals surface area contributed by atoms with Crippen LogP contribution < -0.4 is 10.7 Å². The van der Waals surface area contributed by atoms with Crippen LogP contribution in [0.1, 0.15) is 47.6 Å². The summed E-state index contributed by atoms with van der Waals surface area (Å²) in [5.41, 5.74) is 9.47. The van der Waals surface area contributed by atoms with Crippen molar-refractivity contribution in [1.82, 2.24) is 5.43 Å². The van der Waals surface area contributed by atoms with Crippen molar-refractivity contribution in [3.63, 3.8) is 0 Å². The molecule has 3 atom stereocenters. The van der Waals surface area contributed by atoms with E-state index in [2.05, 4.69) is 76.5 Å². The van der Waals surface area contributed by atoms with E-state index in [0.717, 1.165) is 34.0 Å². The first-order chi connectivity index (χ1) is 17.1. The topological polar surface area (TPSA) is 53.5 Å². The fraction of sp³-hybridized carbons (Fsp3) is 0.241. The van der Waals surface area contributed by atoms with Crippen molar-refractivity contribution < 1.29 is 4.79 Å². The van der Waals surface area contributed by atoms with E-state index in [1.54, 1.807) is 11.8 Å². The number of benzene rings is 3. The molecule has 1 aliphatic heterocycles. The molecule has 0 fully saturated rings. The Kier molecular flexibility index (Phi) is 7.26. The number of carbonyl (C=O) groups is 1. The molecule has 1 aliphatic carbocycles. The summed E-state index contributed by atoms with van der Waals surface area (Å²) in [5.74, 6) is 1.87. The number of allylic oxidation sites excluding steroid dienone is 2. The number of thioether (sulfide) groups is 1. The van der Waals surface area contributed by atoms with Crippen LogP contribution in [0.2, 0.25) is 5.02 Å². The number of nitrogens with one attached hydrogen (secondary N) is 2. The third-order valence-corrected chi connectivity index (χ3v) is 7.96. The average Bonchev–Trinajstić information content (AvgIpc) is 3.39. The smallest absolute Gasteiger partial charge is 0.250 e. The van der Waals surface area contributed by atoms with Crippen LogP contribution in [0.3, 0.4) is 0 Å². The van der Waals surface area contributed by atoms with E-state index in [4.69, 9.17) is 11.6 Å². The average molecular weight is 502 g/mol. The molecule has 0 saturated carbocycles. The molecule has 0 spiro atoms. The molecule has 6 heteroatoms. The van der Waals surface area contributed by atoms with Gasteiger partial charge in [-0.25, -0.2) is 5.43 Å². The third-order valence-electron chi connectivity index (χ3n) is 6.70. The largest absolute Gasteiger partial charge is 0.378 e. The maximum atomic E-state index is 12.3. The van der Waals surface area contributed by atoms with Crippen molar-refractivity contribution >= 4 is 40.7 Å². The zero-order chi connectivity index (χ0) is 24.2. The minimum atomic E-state index is -0.104. The van der Waals surface area contributed by atoms with Crippen LogP contribution in [-0.4, -0.2) is 17.4 Å². The van der Waals surface area contributed by atoms with Gasteiger partial charge in [-0.2, -0.15) is 5.10 Å². The van der Waals surface area contributed by atoms with Crippen LogP contribution in [-0.2, 0) is 10.5 Å². The number of halogens is 1. The molecular weight excluding hydrogens is 474 g/mol. The van der Waals surface area contributed by atoms with Gasteiger partial charge in [-0.3, -0.25) is 4.79 Å². The number of fused-ring (bicyclic) bond motifs is 3. The van der Waals surface area contributed by atoms with Gasteiger partial charge in [-0.15, -0.1) is 11.8 Å². The standard InChI is InChI=1S/C29H28ClN3OS/c1-19(32-33-28(34)18-35-17-20-10-13-23(30)14-11-20)22-12-15-27-26(16-22)24-8-5-9-25(24)29(31-27)21-6-3-2-4-7-21/h2-8,10-16,24-25,29,31H,9,17-18H2,1H3,(H,33,34)/b32-19-/t24-,25+,29-/m1/s1. The number of carbonyl (C=O) groups excluding carboxylic acids is 1. The predicted molar refractivity (Wildman–Crippen MR) is 147 cm³/mol. The molecule has 2 aliphatic rings. The van der Waals surface area contributed by atoms with Gasteiger partial charge in [0, 0.05) is 22.4 Å². The van der Waals surface area contributed by atoms with Crippen molar-refractivity contribution in [2.24, 2.45) is 11.0 Å². The third kappa shape index (κ3) is 5.47. The Labute approximate surface area is 215 Å². The number of hydrogen-bond acceptors (Lipinski definition) is 4. The highest BCUT2D eigenvalue weighted by Gasteiger charge is 2.37. The first kappa shape index (κ1) is 23.7. The molecule has 0 unspecified atom stereocenters. The molecule has 0 radical (unpaired) electrons. The van der Waals surface area contributed by atoms with Gasteiger partial charge in [-0.1, -0.05) is 72.3 Å². The van der Waals surface area contributed by atoms with E-state index in [1.165, 1.54) is 16.8 Å². The van der Waals surface area contributed by atoms with Crippen LogP contribution in [0.4, 0.5) is 5.69 Å². The summed E-state index contributed by atoms with van der Waals surface area (Å²) in [6.45, 7) is 1.94. The second-order valence-corrected chi connectivity index (χ2v) is 10.5. The fourth-order valence-electron chi connectivity index (χ4n) is 4.90. The molecule has 35 heavy (non-hydrogen) atoms. The molecule has 0 aromatic heterocycles. The molecule has 0 bridgehead atoms. The highest BCUT2D eigenvalue weighted by atomic mass is 35.5. The highest BCUT2D eigenvalue weighted by molar-refractivity contribution is 7.99. The quantitative estimate of drug-likeness (QED) is 0.209.